The van der Waals surface area contributed by atoms with Gasteiger partial charge in [0.25, 0.3) is 5.91 Å². The Morgan fingerprint density at radius 3 is 2.73 bits per heavy atom. The summed E-state index contributed by atoms with van der Waals surface area (Å²) in [6.45, 7) is 2.74. The number of carbonyl (C=O) groups is 2. The number of aryl methyl sites for hydroxylation is 1. The Kier molecular flexibility index (Phi) is 4.85. The molecule has 1 saturated carbocycles. The molecule has 156 valence electrons. The molecule has 0 aromatic heterocycles. The zero-order valence-electron chi connectivity index (χ0n) is 17.1. The van der Waals surface area contributed by atoms with Gasteiger partial charge in [-0.3, -0.25) is 9.59 Å². The molecule has 1 aliphatic carbocycles. The summed E-state index contributed by atoms with van der Waals surface area (Å²) in [5, 5.41) is 0. The summed E-state index contributed by atoms with van der Waals surface area (Å²) >= 11 is 1.55. The van der Waals surface area contributed by atoms with Gasteiger partial charge in [-0.1, -0.05) is 48.7 Å². The number of benzene rings is 2. The molecular weight excluding hydrogens is 399 g/mol. The molecule has 2 heterocycles. The highest BCUT2D eigenvalue weighted by Crippen LogP contribution is 2.55. The van der Waals surface area contributed by atoms with Gasteiger partial charge < -0.3 is 9.80 Å². The predicted octanol–water partition coefficient (Wildman–Crippen LogP) is 4.60. The summed E-state index contributed by atoms with van der Waals surface area (Å²) in [6, 6.07) is 12.5. The molecule has 6 heteroatoms. The van der Waals surface area contributed by atoms with E-state index in [2.05, 4.69) is 0 Å². The van der Waals surface area contributed by atoms with Crippen LogP contribution < -0.4 is 4.90 Å². The first-order chi connectivity index (χ1) is 14.5. The Balaban J connectivity index is 1.59. The lowest BCUT2D eigenvalue weighted by molar-refractivity contribution is -0.143. The second kappa shape index (κ2) is 7.41. The van der Waals surface area contributed by atoms with Crippen LogP contribution in [0.25, 0.3) is 0 Å². The van der Waals surface area contributed by atoms with E-state index in [4.69, 9.17) is 0 Å². The predicted molar refractivity (Wildman–Crippen MR) is 117 cm³/mol. The van der Waals surface area contributed by atoms with Crippen molar-refractivity contribution in [3.05, 3.63) is 65.0 Å². The molecule has 2 aromatic carbocycles. The topological polar surface area (TPSA) is 40.6 Å². The molecule has 0 N–H and O–H groups in total. The summed E-state index contributed by atoms with van der Waals surface area (Å²) in [6.07, 6.45) is 3.97. The van der Waals surface area contributed by atoms with Crippen LogP contribution in [0.1, 0.15) is 42.4 Å². The van der Waals surface area contributed by atoms with Gasteiger partial charge >= 0.3 is 0 Å². The molecule has 2 fully saturated rings. The fourth-order valence-corrected chi connectivity index (χ4v) is 6.56. The summed E-state index contributed by atoms with van der Waals surface area (Å²) < 4.78 is 14.4. The van der Waals surface area contributed by atoms with Gasteiger partial charge in [-0.05, 0) is 31.9 Å². The van der Waals surface area contributed by atoms with Crippen LogP contribution in [0, 0.1) is 18.7 Å². The molecule has 0 radical (unpaired) electrons. The van der Waals surface area contributed by atoms with Crippen LogP contribution >= 0.6 is 11.8 Å². The second-order valence-corrected chi connectivity index (χ2v) is 9.75. The first kappa shape index (κ1) is 19.6. The third-order valence-electron chi connectivity index (χ3n) is 6.61. The first-order valence-electron chi connectivity index (χ1n) is 10.6. The molecule has 2 amide bonds. The van der Waals surface area contributed by atoms with Gasteiger partial charge in [-0.2, -0.15) is 0 Å². The van der Waals surface area contributed by atoms with E-state index in [1.54, 1.807) is 34.9 Å². The van der Waals surface area contributed by atoms with Gasteiger partial charge in [-0.25, -0.2) is 4.39 Å². The Labute approximate surface area is 180 Å². The molecule has 5 rings (SSSR count). The van der Waals surface area contributed by atoms with E-state index in [1.165, 1.54) is 6.07 Å². The smallest absolute Gasteiger partial charge is 0.268 e. The van der Waals surface area contributed by atoms with E-state index >= 15 is 0 Å². The lowest BCUT2D eigenvalue weighted by Gasteiger charge is -2.35. The van der Waals surface area contributed by atoms with Crippen molar-refractivity contribution in [1.82, 2.24) is 4.90 Å². The minimum absolute atomic E-state index is 0.0160. The zero-order valence-corrected chi connectivity index (χ0v) is 17.9. The van der Waals surface area contributed by atoms with Crippen molar-refractivity contribution >= 4 is 29.3 Å². The van der Waals surface area contributed by atoms with E-state index in [-0.39, 0.29) is 30.1 Å². The molecule has 30 heavy (non-hydrogen) atoms. The maximum atomic E-state index is 14.4. The molecule has 1 saturated heterocycles. The van der Waals surface area contributed by atoms with Crippen molar-refractivity contribution in [2.75, 3.05) is 17.2 Å². The van der Waals surface area contributed by atoms with Crippen LogP contribution in [0.3, 0.4) is 0 Å². The van der Waals surface area contributed by atoms with Crippen LogP contribution in [-0.2, 0) is 21.0 Å². The van der Waals surface area contributed by atoms with Gasteiger partial charge in [0.1, 0.15) is 5.82 Å². The highest BCUT2D eigenvalue weighted by atomic mass is 32.2. The second-order valence-electron chi connectivity index (χ2n) is 8.47. The minimum Gasteiger partial charge on any atom is -0.315 e. The van der Waals surface area contributed by atoms with Crippen molar-refractivity contribution < 1.29 is 14.0 Å². The van der Waals surface area contributed by atoms with Crippen molar-refractivity contribution in [2.24, 2.45) is 5.92 Å². The van der Waals surface area contributed by atoms with E-state index in [0.717, 1.165) is 48.3 Å². The van der Waals surface area contributed by atoms with Crippen molar-refractivity contribution in [1.29, 1.82) is 0 Å². The van der Waals surface area contributed by atoms with Crippen LogP contribution in [0.2, 0.25) is 0 Å². The van der Waals surface area contributed by atoms with E-state index in [0.29, 0.717) is 12.1 Å². The summed E-state index contributed by atoms with van der Waals surface area (Å²) in [4.78, 5) is 29.9. The first-order valence-corrected chi connectivity index (χ1v) is 11.6. The van der Waals surface area contributed by atoms with E-state index in [9.17, 15) is 14.0 Å². The molecule has 2 aromatic rings. The van der Waals surface area contributed by atoms with Crippen molar-refractivity contribution in [3.8, 4) is 0 Å². The number of fused-ring (bicyclic) bond motifs is 2. The van der Waals surface area contributed by atoms with E-state index < -0.39 is 4.87 Å². The Bertz CT molecular complexity index is 1020. The SMILES string of the molecule is Cc1ccc2c(c1)C1(SCCN1C(=O)C1CCCC1)C(=O)N2Cc1ccccc1F. The average molecular weight is 425 g/mol. The molecule has 1 spiro atoms. The lowest BCUT2D eigenvalue weighted by Crippen LogP contribution is -2.51. The molecular formula is C24H25FN2O2S. The minimum atomic E-state index is -1.02. The largest absolute Gasteiger partial charge is 0.315 e. The summed E-state index contributed by atoms with van der Waals surface area (Å²) in [5.74, 6) is 0.400. The number of amides is 2. The zero-order chi connectivity index (χ0) is 20.9. The van der Waals surface area contributed by atoms with Crippen LogP contribution in [0.15, 0.2) is 42.5 Å². The number of hydrogen-bond donors (Lipinski definition) is 0. The van der Waals surface area contributed by atoms with Gasteiger partial charge in [0.05, 0.1) is 12.2 Å². The maximum absolute atomic E-state index is 14.4. The highest BCUT2D eigenvalue weighted by Gasteiger charge is 2.60. The molecule has 1 unspecified atom stereocenters. The molecule has 1 atom stereocenters. The Morgan fingerprint density at radius 1 is 1.20 bits per heavy atom. The molecule has 2 aliphatic heterocycles. The molecule has 4 nitrogen and oxygen atoms in total. The van der Waals surface area contributed by atoms with Gasteiger partial charge in [0.15, 0.2) is 4.87 Å². The Hall–Kier alpha value is -2.34. The van der Waals surface area contributed by atoms with Crippen molar-refractivity contribution in [2.45, 2.75) is 44.0 Å². The number of carbonyl (C=O) groups excluding carboxylic acids is 2. The van der Waals surface area contributed by atoms with Crippen molar-refractivity contribution in [3.63, 3.8) is 0 Å². The molecule has 0 bridgehead atoms. The number of hydrogen-bond acceptors (Lipinski definition) is 3. The quantitative estimate of drug-likeness (QED) is 0.723. The fourth-order valence-electron chi connectivity index (χ4n) is 5.10. The summed E-state index contributed by atoms with van der Waals surface area (Å²) in [5.41, 5.74) is 3.19. The fraction of sp³-hybridized carbons (Fsp3) is 0.417. The number of rotatable bonds is 3. The van der Waals surface area contributed by atoms with Gasteiger partial charge in [-0.15, -0.1) is 11.8 Å². The Morgan fingerprint density at radius 2 is 1.97 bits per heavy atom. The van der Waals surface area contributed by atoms with Crippen LogP contribution in [0.4, 0.5) is 10.1 Å². The maximum Gasteiger partial charge on any atom is 0.268 e. The number of thioether (sulfide) groups is 1. The van der Waals surface area contributed by atoms with Crippen LogP contribution in [0.5, 0.6) is 0 Å². The van der Waals surface area contributed by atoms with Gasteiger partial charge in [0.2, 0.25) is 5.91 Å². The van der Waals surface area contributed by atoms with Gasteiger partial charge in [0, 0.05) is 29.3 Å². The number of halogens is 1. The normalized spacial score (nSPS) is 23.6. The third-order valence-corrected chi connectivity index (χ3v) is 8.03. The monoisotopic (exact) mass is 424 g/mol. The summed E-state index contributed by atoms with van der Waals surface area (Å²) in [7, 11) is 0. The highest BCUT2D eigenvalue weighted by molar-refractivity contribution is 8.01. The third kappa shape index (κ3) is 2.88. The number of anilines is 1. The van der Waals surface area contributed by atoms with Crippen LogP contribution in [-0.4, -0.2) is 29.0 Å². The lowest BCUT2D eigenvalue weighted by atomic mass is 10.00. The number of nitrogens with zero attached hydrogens (tertiary/aromatic N) is 2. The molecule has 3 aliphatic rings. The standard InChI is InChI=1S/C24H25FN2O2S/c1-16-10-11-21-19(14-16)24(23(29)26(21)15-18-8-4-5-9-20(18)25)27(12-13-30-24)22(28)17-6-2-3-7-17/h4-5,8-11,14,17H,2-3,6-7,12-13,15H2,1H3. The van der Waals surface area contributed by atoms with E-state index in [1.807, 2.05) is 30.0 Å². The average Bonchev–Trinajstić information content (AvgIpc) is 3.47.